The van der Waals surface area contributed by atoms with Gasteiger partial charge in [0.15, 0.2) is 0 Å². The van der Waals surface area contributed by atoms with Gasteiger partial charge in [0.2, 0.25) is 0 Å². The summed E-state index contributed by atoms with van der Waals surface area (Å²) in [5, 5.41) is 0. The Morgan fingerprint density at radius 3 is 2.65 bits per heavy atom. The molecule has 1 saturated heterocycles. The molecule has 1 heterocycles. The van der Waals surface area contributed by atoms with Crippen molar-refractivity contribution in [1.82, 2.24) is 4.90 Å². The van der Waals surface area contributed by atoms with Crippen LogP contribution in [-0.4, -0.2) is 31.1 Å². The summed E-state index contributed by atoms with van der Waals surface area (Å²) < 4.78 is 5.31. The monoisotopic (exact) mass is 298 g/mol. The molecule has 3 nitrogen and oxygen atoms in total. The van der Waals surface area contributed by atoms with Crippen molar-refractivity contribution in [1.29, 1.82) is 0 Å². The van der Waals surface area contributed by atoms with Crippen molar-refractivity contribution in [3.05, 3.63) is 29.3 Å². The van der Waals surface area contributed by atoms with Crippen LogP contribution in [-0.2, 0) is 6.54 Å². The van der Waals surface area contributed by atoms with E-state index in [-0.39, 0.29) is 17.8 Å². The molecule has 0 bridgehead atoms. The number of benzene rings is 1. The van der Waals surface area contributed by atoms with Gasteiger partial charge < -0.3 is 10.5 Å². The van der Waals surface area contributed by atoms with Crippen molar-refractivity contribution in [2.45, 2.75) is 39.8 Å². The highest BCUT2D eigenvalue weighted by Crippen LogP contribution is 2.29. The van der Waals surface area contributed by atoms with Gasteiger partial charge in [-0.1, -0.05) is 26.0 Å². The third-order valence-corrected chi connectivity index (χ3v) is 4.26. The zero-order valence-electron chi connectivity index (χ0n) is 13.0. The minimum Gasteiger partial charge on any atom is -0.496 e. The zero-order chi connectivity index (χ0) is 14.0. The maximum atomic E-state index is 6.19. The summed E-state index contributed by atoms with van der Waals surface area (Å²) in [7, 11) is 1.72. The first-order valence-electron chi connectivity index (χ1n) is 7.04. The molecule has 1 atom stereocenters. The second-order valence-corrected chi connectivity index (χ2v) is 6.40. The average molecular weight is 299 g/mol. The van der Waals surface area contributed by atoms with Crippen LogP contribution in [0.3, 0.4) is 0 Å². The standard InChI is InChI=1S/C16H26N2O.ClH/c1-12-9-13(5-6-14(12)19-4)10-18-8-7-15(17)16(2,3)11-18;/h5-6,9,15H,7-8,10-11,17H2,1-4H3;1H. The highest BCUT2D eigenvalue weighted by Gasteiger charge is 2.33. The van der Waals surface area contributed by atoms with Gasteiger partial charge in [-0.15, -0.1) is 12.4 Å². The van der Waals surface area contributed by atoms with Gasteiger partial charge in [0, 0.05) is 25.7 Å². The van der Waals surface area contributed by atoms with Crippen molar-refractivity contribution in [2.24, 2.45) is 11.1 Å². The second kappa shape index (κ2) is 6.79. The Kier molecular flexibility index (Phi) is 5.87. The molecule has 1 aliphatic heterocycles. The van der Waals surface area contributed by atoms with Crippen LogP contribution in [0.1, 0.15) is 31.4 Å². The molecule has 1 fully saturated rings. The molecule has 2 rings (SSSR count). The predicted octanol–water partition coefficient (Wildman–Crippen LogP) is 2.98. The number of ether oxygens (including phenoxy) is 1. The smallest absolute Gasteiger partial charge is 0.121 e. The lowest BCUT2D eigenvalue weighted by Gasteiger charge is -2.42. The lowest BCUT2D eigenvalue weighted by Crippen LogP contribution is -2.52. The Morgan fingerprint density at radius 2 is 2.10 bits per heavy atom. The van der Waals surface area contributed by atoms with E-state index in [1.54, 1.807) is 7.11 Å². The Labute approximate surface area is 128 Å². The third kappa shape index (κ3) is 3.87. The molecule has 2 N–H and O–H groups in total. The van der Waals surface area contributed by atoms with Crippen LogP contribution in [0.15, 0.2) is 18.2 Å². The number of piperidine rings is 1. The average Bonchev–Trinajstić information content (AvgIpc) is 2.34. The van der Waals surface area contributed by atoms with E-state index < -0.39 is 0 Å². The van der Waals surface area contributed by atoms with Gasteiger partial charge in [0.25, 0.3) is 0 Å². The largest absolute Gasteiger partial charge is 0.496 e. The molecule has 1 aromatic rings. The summed E-state index contributed by atoms with van der Waals surface area (Å²) in [5.74, 6) is 0.963. The number of nitrogens with zero attached hydrogens (tertiary/aromatic N) is 1. The van der Waals surface area contributed by atoms with Gasteiger partial charge in [0.1, 0.15) is 5.75 Å². The first-order chi connectivity index (χ1) is 8.92. The zero-order valence-corrected chi connectivity index (χ0v) is 13.8. The van der Waals surface area contributed by atoms with E-state index in [2.05, 4.69) is 43.9 Å². The summed E-state index contributed by atoms with van der Waals surface area (Å²) in [4.78, 5) is 2.50. The minimum absolute atomic E-state index is 0. The predicted molar refractivity (Wildman–Crippen MR) is 86.6 cm³/mol. The molecule has 1 aromatic carbocycles. The number of methoxy groups -OCH3 is 1. The van der Waals surface area contributed by atoms with Crippen LogP contribution < -0.4 is 10.5 Å². The normalized spacial score (nSPS) is 22.1. The van der Waals surface area contributed by atoms with Crippen molar-refractivity contribution in [3.63, 3.8) is 0 Å². The molecule has 0 saturated carbocycles. The second-order valence-electron chi connectivity index (χ2n) is 6.40. The molecular formula is C16H27ClN2O. The fraction of sp³-hybridized carbons (Fsp3) is 0.625. The van der Waals surface area contributed by atoms with E-state index in [4.69, 9.17) is 10.5 Å². The summed E-state index contributed by atoms with van der Waals surface area (Å²) >= 11 is 0. The summed E-state index contributed by atoms with van der Waals surface area (Å²) in [6.07, 6.45) is 1.09. The molecule has 0 aliphatic carbocycles. The Bertz CT molecular complexity index is 448. The summed E-state index contributed by atoms with van der Waals surface area (Å²) in [6.45, 7) is 9.79. The van der Waals surface area contributed by atoms with Gasteiger partial charge in [-0.05, 0) is 36.0 Å². The number of halogens is 1. The Balaban J connectivity index is 0.00000200. The first-order valence-corrected chi connectivity index (χ1v) is 7.04. The molecule has 0 aromatic heterocycles. The minimum atomic E-state index is 0. The van der Waals surface area contributed by atoms with Crippen LogP contribution in [0, 0.1) is 12.3 Å². The fourth-order valence-electron chi connectivity index (χ4n) is 2.92. The molecule has 0 amide bonds. The quantitative estimate of drug-likeness (QED) is 0.932. The summed E-state index contributed by atoms with van der Waals surface area (Å²) in [5.41, 5.74) is 8.95. The topological polar surface area (TPSA) is 38.5 Å². The number of likely N-dealkylation sites (tertiary alicyclic amines) is 1. The number of aryl methyl sites for hydroxylation is 1. The molecule has 114 valence electrons. The van der Waals surface area contributed by atoms with E-state index in [1.165, 1.54) is 11.1 Å². The van der Waals surface area contributed by atoms with Crippen molar-refractivity contribution >= 4 is 12.4 Å². The van der Waals surface area contributed by atoms with Crippen LogP contribution >= 0.6 is 12.4 Å². The van der Waals surface area contributed by atoms with E-state index in [1.807, 2.05) is 0 Å². The van der Waals surface area contributed by atoms with E-state index >= 15 is 0 Å². The SMILES string of the molecule is COc1ccc(CN2CCC(N)C(C)(C)C2)cc1C.Cl. The van der Waals surface area contributed by atoms with Gasteiger partial charge in [-0.25, -0.2) is 0 Å². The molecule has 20 heavy (non-hydrogen) atoms. The van der Waals surface area contributed by atoms with Gasteiger partial charge in [-0.2, -0.15) is 0 Å². The van der Waals surface area contributed by atoms with Gasteiger partial charge in [0.05, 0.1) is 7.11 Å². The van der Waals surface area contributed by atoms with Gasteiger partial charge in [-0.3, -0.25) is 4.90 Å². The fourth-order valence-corrected chi connectivity index (χ4v) is 2.92. The van der Waals surface area contributed by atoms with E-state index in [0.717, 1.165) is 31.8 Å². The van der Waals surface area contributed by atoms with Crippen molar-refractivity contribution < 1.29 is 4.74 Å². The van der Waals surface area contributed by atoms with Crippen molar-refractivity contribution in [2.75, 3.05) is 20.2 Å². The van der Waals surface area contributed by atoms with E-state index in [9.17, 15) is 0 Å². The molecule has 1 aliphatic rings. The number of hydrogen-bond donors (Lipinski definition) is 1. The van der Waals surface area contributed by atoms with Crippen LogP contribution in [0.25, 0.3) is 0 Å². The third-order valence-electron chi connectivity index (χ3n) is 4.26. The van der Waals surface area contributed by atoms with Crippen LogP contribution in [0.2, 0.25) is 0 Å². The van der Waals surface area contributed by atoms with Crippen LogP contribution in [0.4, 0.5) is 0 Å². The number of hydrogen-bond acceptors (Lipinski definition) is 3. The Morgan fingerprint density at radius 1 is 1.40 bits per heavy atom. The van der Waals surface area contributed by atoms with Crippen molar-refractivity contribution in [3.8, 4) is 5.75 Å². The maximum Gasteiger partial charge on any atom is 0.121 e. The highest BCUT2D eigenvalue weighted by molar-refractivity contribution is 5.85. The number of nitrogens with two attached hydrogens (primary N) is 1. The van der Waals surface area contributed by atoms with Gasteiger partial charge >= 0.3 is 0 Å². The number of rotatable bonds is 3. The van der Waals surface area contributed by atoms with Crippen LogP contribution in [0.5, 0.6) is 5.75 Å². The summed E-state index contributed by atoms with van der Waals surface area (Å²) in [6, 6.07) is 6.76. The van der Waals surface area contributed by atoms with E-state index in [0.29, 0.717) is 6.04 Å². The maximum absolute atomic E-state index is 6.19. The lowest BCUT2D eigenvalue weighted by molar-refractivity contribution is 0.0898. The first kappa shape index (κ1) is 17.3. The molecule has 0 spiro atoms. The molecular weight excluding hydrogens is 272 g/mol. The Hall–Kier alpha value is -0.770. The molecule has 4 heteroatoms. The lowest BCUT2D eigenvalue weighted by atomic mass is 9.79. The molecule has 0 radical (unpaired) electrons. The highest BCUT2D eigenvalue weighted by atomic mass is 35.5. The molecule has 1 unspecified atom stereocenters.